The molecule has 3 rings (SSSR count). The van der Waals surface area contributed by atoms with Crippen molar-refractivity contribution < 1.29 is 24.3 Å². The van der Waals surface area contributed by atoms with Gasteiger partial charge in [0.05, 0.1) is 12.6 Å². The van der Waals surface area contributed by atoms with Gasteiger partial charge in [-0.15, -0.1) is 0 Å². The summed E-state index contributed by atoms with van der Waals surface area (Å²) in [5.74, 6) is -0.270. The first-order valence-electron chi connectivity index (χ1n) is 8.98. The first-order chi connectivity index (χ1) is 13.4. The van der Waals surface area contributed by atoms with Crippen LogP contribution < -0.4 is 10.2 Å². The average molecular weight is 384 g/mol. The van der Waals surface area contributed by atoms with E-state index in [1.807, 2.05) is 30.3 Å². The Hall–Kier alpha value is -2.90. The number of hydroxylamine groups is 1. The molecule has 1 atom stereocenters. The number of methoxy groups -OCH3 is 1. The zero-order valence-electron chi connectivity index (χ0n) is 16.1. The van der Waals surface area contributed by atoms with E-state index in [4.69, 9.17) is 14.7 Å². The van der Waals surface area contributed by atoms with Crippen LogP contribution in [0.1, 0.15) is 41.4 Å². The lowest BCUT2D eigenvalue weighted by molar-refractivity contribution is -0.154. The average Bonchev–Trinajstić information content (AvgIpc) is 2.92. The van der Waals surface area contributed by atoms with Gasteiger partial charge in [-0.05, 0) is 31.5 Å². The zero-order valence-corrected chi connectivity index (χ0v) is 16.1. The molecular weight excluding hydrogens is 360 g/mol. The number of fused-ring (bicyclic) bond motifs is 1. The number of benzene rings is 2. The van der Waals surface area contributed by atoms with E-state index < -0.39 is 11.5 Å². The molecule has 0 radical (unpaired) electrons. The van der Waals surface area contributed by atoms with Crippen LogP contribution in [-0.4, -0.2) is 41.2 Å². The minimum absolute atomic E-state index is 0.155. The molecule has 2 amide bonds. The highest BCUT2D eigenvalue weighted by Crippen LogP contribution is 2.34. The molecule has 0 saturated heterocycles. The normalized spacial score (nSPS) is 16.6. The molecule has 1 aliphatic rings. The lowest BCUT2D eigenvalue weighted by Crippen LogP contribution is -2.48. The second-order valence-corrected chi connectivity index (χ2v) is 7.15. The highest BCUT2D eigenvalue weighted by atomic mass is 16.5. The summed E-state index contributed by atoms with van der Waals surface area (Å²) in [7, 11) is 1.51. The van der Waals surface area contributed by atoms with Gasteiger partial charge < -0.3 is 14.4 Å². The molecule has 2 N–H and O–H groups in total. The van der Waals surface area contributed by atoms with E-state index in [1.165, 1.54) is 7.11 Å². The van der Waals surface area contributed by atoms with Gasteiger partial charge in [-0.2, -0.15) is 0 Å². The van der Waals surface area contributed by atoms with Crippen molar-refractivity contribution in [1.82, 2.24) is 10.4 Å². The second-order valence-electron chi connectivity index (χ2n) is 7.15. The number of rotatable bonds is 4. The van der Waals surface area contributed by atoms with E-state index in [2.05, 4.69) is 0 Å². The molecule has 1 heterocycles. The fourth-order valence-electron chi connectivity index (χ4n) is 3.18. The summed E-state index contributed by atoms with van der Waals surface area (Å²) in [5, 5.41) is 8.86. The van der Waals surface area contributed by atoms with Gasteiger partial charge in [-0.25, -0.2) is 5.48 Å². The second kappa shape index (κ2) is 8.00. The topological polar surface area (TPSA) is 88.1 Å². The van der Waals surface area contributed by atoms with Crippen LogP contribution in [-0.2, 0) is 16.1 Å². The number of carbonyl (C=O) groups is 2. The summed E-state index contributed by atoms with van der Waals surface area (Å²) in [6.07, 6.45) is 0. The van der Waals surface area contributed by atoms with Crippen LogP contribution in [0.15, 0.2) is 48.5 Å². The lowest BCUT2D eigenvalue weighted by Gasteiger charge is -2.35. The van der Waals surface area contributed by atoms with Gasteiger partial charge in [0.25, 0.3) is 11.8 Å². The standard InChI is InChI=1S/C21H24N2O5/c1-21(2,27-3)20(25)23-12-16-10-9-15(19(24)22-26)11-18(16)28-13-17(23)14-7-5-4-6-8-14/h4-11,17,26H,12-13H2,1-3H3,(H,22,24)/t17-/m1/s1. The number of hydrogen-bond acceptors (Lipinski definition) is 5. The summed E-state index contributed by atoms with van der Waals surface area (Å²) in [6.45, 7) is 4.01. The molecule has 2 aromatic carbocycles. The van der Waals surface area contributed by atoms with E-state index in [1.54, 1.807) is 42.4 Å². The van der Waals surface area contributed by atoms with Crippen molar-refractivity contribution in [2.45, 2.75) is 32.0 Å². The number of carbonyl (C=O) groups excluding carboxylic acids is 2. The first-order valence-corrected chi connectivity index (χ1v) is 8.98. The molecule has 0 fully saturated rings. The minimum atomic E-state index is -0.992. The number of ether oxygens (including phenoxy) is 2. The van der Waals surface area contributed by atoms with Crippen molar-refractivity contribution in [3.8, 4) is 5.75 Å². The molecule has 7 nitrogen and oxygen atoms in total. The van der Waals surface area contributed by atoms with E-state index in [0.29, 0.717) is 12.3 Å². The smallest absolute Gasteiger partial charge is 0.274 e. The fourth-order valence-corrected chi connectivity index (χ4v) is 3.18. The molecule has 0 aliphatic carbocycles. The van der Waals surface area contributed by atoms with Crippen LogP contribution in [0, 0.1) is 0 Å². The van der Waals surface area contributed by atoms with Gasteiger partial charge in [0.1, 0.15) is 18.0 Å². The van der Waals surface area contributed by atoms with Gasteiger partial charge in [0, 0.05) is 18.2 Å². The third kappa shape index (κ3) is 3.85. The molecule has 0 unspecified atom stereocenters. The molecule has 0 saturated carbocycles. The van der Waals surface area contributed by atoms with Crippen molar-refractivity contribution in [2.24, 2.45) is 0 Å². The summed E-state index contributed by atoms with van der Waals surface area (Å²) in [4.78, 5) is 26.7. The Labute approximate surface area is 163 Å². The van der Waals surface area contributed by atoms with Crippen molar-refractivity contribution in [2.75, 3.05) is 13.7 Å². The minimum Gasteiger partial charge on any atom is -0.491 e. The van der Waals surface area contributed by atoms with Crippen molar-refractivity contribution >= 4 is 11.8 Å². The molecule has 28 heavy (non-hydrogen) atoms. The van der Waals surface area contributed by atoms with Crippen LogP contribution in [0.2, 0.25) is 0 Å². The summed E-state index contributed by atoms with van der Waals surface area (Å²) >= 11 is 0. The molecule has 0 bridgehead atoms. The third-order valence-electron chi connectivity index (χ3n) is 5.02. The number of nitrogens with one attached hydrogen (secondary N) is 1. The predicted octanol–water partition coefficient (Wildman–Crippen LogP) is 2.69. The van der Waals surface area contributed by atoms with E-state index in [9.17, 15) is 9.59 Å². The quantitative estimate of drug-likeness (QED) is 0.625. The van der Waals surface area contributed by atoms with E-state index in [0.717, 1.165) is 11.1 Å². The monoisotopic (exact) mass is 384 g/mol. The highest BCUT2D eigenvalue weighted by molar-refractivity contribution is 5.94. The van der Waals surface area contributed by atoms with Gasteiger partial charge in [0.15, 0.2) is 0 Å². The third-order valence-corrected chi connectivity index (χ3v) is 5.02. The Balaban J connectivity index is 2.02. The van der Waals surface area contributed by atoms with Gasteiger partial charge in [-0.1, -0.05) is 36.4 Å². The van der Waals surface area contributed by atoms with Gasteiger partial charge >= 0.3 is 0 Å². The SMILES string of the molecule is COC(C)(C)C(=O)N1Cc2ccc(C(=O)NO)cc2OC[C@@H]1c1ccccc1. The van der Waals surface area contributed by atoms with Crippen LogP contribution in [0.3, 0.4) is 0 Å². The van der Waals surface area contributed by atoms with Crippen LogP contribution in [0.4, 0.5) is 0 Å². The predicted molar refractivity (Wildman–Crippen MR) is 102 cm³/mol. The van der Waals surface area contributed by atoms with Crippen LogP contribution in [0.5, 0.6) is 5.75 Å². The maximum absolute atomic E-state index is 13.3. The Morgan fingerprint density at radius 1 is 1.21 bits per heavy atom. The zero-order chi connectivity index (χ0) is 20.3. The Kier molecular flexibility index (Phi) is 5.67. The van der Waals surface area contributed by atoms with Crippen molar-refractivity contribution in [1.29, 1.82) is 0 Å². The van der Waals surface area contributed by atoms with Gasteiger partial charge in [-0.3, -0.25) is 14.8 Å². The van der Waals surface area contributed by atoms with Crippen molar-refractivity contribution in [3.63, 3.8) is 0 Å². The summed E-state index contributed by atoms with van der Waals surface area (Å²) in [6, 6.07) is 14.2. The van der Waals surface area contributed by atoms with E-state index >= 15 is 0 Å². The summed E-state index contributed by atoms with van der Waals surface area (Å²) < 4.78 is 11.4. The van der Waals surface area contributed by atoms with Crippen LogP contribution in [0.25, 0.3) is 0 Å². The Bertz CT molecular complexity index is 866. The van der Waals surface area contributed by atoms with Crippen LogP contribution >= 0.6 is 0 Å². The largest absolute Gasteiger partial charge is 0.491 e. The molecule has 148 valence electrons. The van der Waals surface area contributed by atoms with Gasteiger partial charge in [0.2, 0.25) is 0 Å². The van der Waals surface area contributed by atoms with Crippen molar-refractivity contribution in [3.05, 3.63) is 65.2 Å². The molecule has 1 aliphatic heterocycles. The first kappa shape index (κ1) is 19.9. The number of hydrogen-bond donors (Lipinski definition) is 2. The highest BCUT2D eigenvalue weighted by Gasteiger charge is 2.38. The molecule has 0 spiro atoms. The molecular formula is C21H24N2O5. The lowest BCUT2D eigenvalue weighted by atomic mass is 10.0. The fraction of sp³-hybridized carbons (Fsp3) is 0.333. The summed E-state index contributed by atoms with van der Waals surface area (Å²) in [5.41, 5.74) is 2.62. The number of amides is 2. The maximum Gasteiger partial charge on any atom is 0.274 e. The van der Waals surface area contributed by atoms with E-state index in [-0.39, 0.29) is 24.1 Å². The Morgan fingerprint density at radius 3 is 2.57 bits per heavy atom. The molecule has 7 heteroatoms. The maximum atomic E-state index is 13.3. The Morgan fingerprint density at radius 2 is 1.93 bits per heavy atom. The molecule has 0 aromatic heterocycles. The number of nitrogens with zero attached hydrogens (tertiary/aromatic N) is 1. The molecule has 2 aromatic rings.